The Hall–Kier alpha value is -1.90. The minimum absolute atomic E-state index is 0.159. The summed E-state index contributed by atoms with van der Waals surface area (Å²) in [4.78, 5) is 17.6. The van der Waals surface area contributed by atoms with Gasteiger partial charge in [0.25, 0.3) is 0 Å². The highest BCUT2D eigenvalue weighted by molar-refractivity contribution is 7.99. The van der Waals surface area contributed by atoms with Gasteiger partial charge in [0.05, 0.1) is 11.4 Å². The fourth-order valence-electron chi connectivity index (χ4n) is 2.71. The smallest absolute Gasteiger partial charge is 0.234 e. The van der Waals surface area contributed by atoms with E-state index in [4.69, 9.17) is 11.6 Å². The molecule has 3 heterocycles. The van der Waals surface area contributed by atoms with E-state index in [1.54, 1.807) is 29.7 Å². The Labute approximate surface area is 177 Å². The van der Waals surface area contributed by atoms with Gasteiger partial charge in [0.2, 0.25) is 5.91 Å². The Morgan fingerprint density at radius 3 is 2.93 bits per heavy atom. The molecule has 28 heavy (non-hydrogen) atoms. The highest BCUT2D eigenvalue weighted by Gasteiger charge is 2.17. The average Bonchev–Trinajstić information content (AvgIpc) is 3.29. The maximum atomic E-state index is 12.3. The van der Waals surface area contributed by atoms with Gasteiger partial charge in [-0.3, -0.25) is 4.79 Å². The first kappa shape index (κ1) is 20.8. The zero-order chi connectivity index (χ0) is 19.9. The molecule has 0 aromatic carbocycles. The van der Waals surface area contributed by atoms with Crippen LogP contribution in [0.15, 0.2) is 34.9 Å². The van der Waals surface area contributed by atoms with E-state index >= 15 is 0 Å². The number of aryl methyl sites for hydroxylation is 1. The summed E-state index contributed by atoms with van der Waals surface area (Å²) in [6.07, 6.45) is 4.74. The molecule has 0 radical (unpaired) electrons. The first-order valence-corrected chi connectivity index (χ1v) is 11.4. The number of nitrogens with zero attached hydrogens (tertiary/aromatic N) is 4. The minimum Gasteiger partial charge on any atom is -0.323 e. The second kappa shape index (κ2) is 10.0. The Bertz CT molecular complexity index is 940. The van der Waals surface area contributed by atoms with Crippen molar-refractivity contribution in [1.82, 2.24) is 19.7 Å². The molecule has 0 saturated heterocycles. The number of nitrogens with one attached hydrogen (secondary N) is 1. The number of thioether (sulfide) groups is 1. The Kier molecular flexibility index (Phi) is 7.47. The summed E-state index contributed by atoms with van der Waals surface area (Å²) >= 11 is 9.11. The van der Waals surface area contributed by atoms with Gasteiger partial charge >= 0.3 is 0 Å². The summed E-state index contributed by atoms with van der Waals surface area (Å²) in [7, 11) is 0. The first-order valence-electron chi connectivity index (χ1n) is 9.16. The quantitative estimate of drug-likeness (QED) is 0.371. The van der Waals surface area contributed by atoms with Gasteiger partial charge in [-0.05, 0) is 31.0 Å². The molecule has 6 nitrogen and oxygen atoms in total. The van der Waals surface area contributed by atoms with Crippen molar-refractivity contribution in [2.75, 3.05) is 11.1 Å². The third-order valence-corrected chi connectivity index (χ3v) is 6.20. The van der Waals surface area contributed by atoms with E-state index in [0.29, 0.717) is 5.69 Å². The van der Waals surface area contributed by atoms with Crippen molar-refractivity contribution in [1.29, 1.82) is 0 Å². The fraction of sp³-hybridized carbons (Fsp3) is 0.368. The molecule has 0 spiro atoms. The van der Waals surface area contributed by atoms with Crippen LogP contribution in [0, 0.1) is 0 Å². The molecule has 0 fully saturated rings. The van der Waals surface area contributed by atoms with E-state index in [1.165, 1.54) is 16.6 Å². The zero-order valence-corrected chi connectivity index (χ0v) is 18.2. The lowest BCUT2D eigenvalue weighted by Gasteiger charge is -2.08. The third-order valence-electron chi connectivity index (χ3n) is 3.94. The number of thiophene rings is 1. The first-order chi connectivity index (χ1) is 13.6. The maximum absolute atomic E-state index is 12.3. The summed E-state index contributed by atoms with van der Waals surface area (Å²) in [6, 6.07) is 5.64. The van der Waals surface area contributed by atoms with Crippen molar-refractivity contribution in [3.63, 3.8) is 0 Å². The van der Waals surface area contributed by atoms with Gasteiger partial charge < -0.3 is 9.88 Å². The maximum Gasteiger partial charge on any atom is 0.234 e. The Morgan fingerprint density at radius 1 is 1.32 bits per heavy atom. The predicted molar refractivity (Wildman–Crippen MR) is 116 cm³/mol. The largest absolute Gasteiger partial charge is 0.323 e. The molecular weight excluding hydrogens is 414 g/mol. The number of amides is 1. The third kappa shape index (κ3) is 5.12. The monoisotopic (exact) mass is 435 g/mol. The van der Waals surface area contributed by atoms with Crippen LogP contribution in [0.3, 0.4) is 0 Å². The summed E-state index contributed by atoms with van der Waals surface area (Å²) in [5.74, 6) is 0.921. The van der Waals surface area contributed by atoms with Crippen LogP contribution >= 0.6 is 34.7 Å². The van der Waals surface area contributed by atoms with E-state index < -0.39 is 0 Å². The standard InChI is InChI=1S/C19H22ClN5OS2/c1-3-6-14-10-13(11-27-14)18-23-24-19(25(18)9-4-2)28-12-16(26)22-15-7-5-8-21-17(15)20/h5,7-8,10-11H,3-4,6,9,12H2,1-2H3,(H,22,26). The molecule has 3 aromatic rings. The predicted octanol–water partition coefficient (Wildman–Crippen LogP) is 5.15. The molecular formula is C19H22ClN5OS2. The number of carbonyl (C=O) groups is 1. The highest BCUT2D eigenvalue weighted by atomic mass is 35.5. The molecule has 1 N–H and O–H groups in total. The van der Waals surface area contributed by atoms with Crippen molar-refractivity contribution in [3.05, 3.63) is 39.8 Å². The van der Waals surface area contributed by atoms with Crippen molar-refractivity contribution in [3.8, 4) is 11.4 Å². The molecule has 0 bridgehead atoms. The van der Waals surface area contributed by atoms with Crippen LogP contribution in [0.25, 0.3) is 11.4 Å². The van der Waals surface area contributed by atoms with Gasteiger partial charge in [-0.15, -0.1) is 21.5 Å². The van der Waals surface area contributed by atoms with Crippen LogP contribution in [0.5, 0.6) is 0 Å². The van der Waals surface area contributed by atoms with Crippen molar-refractivity contribution >= 4 is 46.3 Å². The number of carbonyl (C=O) groups excluding carboxylic acids is 1. The zero-order valence-electron chi connectivity index (χ0n) is 15.8. The van der Waals surface area contributed by atoms with E-state index in [1.807, 2.05) is 0 Å². The Morgan fingerprint density at radius 2 is 2.18 bits per heavy atom. The Balaban J connectivity index is 1.70. The van der Waals surface area contributed by atoms with Gasteiger partial charge in [0.1, 0.15) is 0 Å². The summed E-state index contributed by atoms with van der Waals surface area (Å²) in [6.45, 7) is 5.10. The second-order valence-electron chi connectivity index (χ2n) is 6.19. The van der Waals surface area contributed by atoms with E-state index in [0.717, 1.165) is 42.4 Å². The number of hydrogen-bond donors (Lipinski definition) is 1. The SMILES string of the molecule is CCCc1cc(-c2nnc(SCC(=O)Nc3cccnc3Cl)n2CCC)cs1. The number of anilines is 1. The molecule has 0 aliphatic carbocycles. The lowest BCUT2D eigenvalue weighted by molar-refractivity contribution is -0.113. The number of rotatable bonds is 9. The number of aromatic nitrogens is 4. The number of pyridine rings is 1. The fourth-order valence-corrected chi connectivity index (χ4v) is 4.61. The molecule has 0 atom stereocenters. The number of halogens is 1. The summed E-state index contributed by atoms with van der Waals surface area (Å²) < 4.78 is 2.09. The van der Waals surface area contributed by atoms with Gasteiger partial charge in [-0.25, -0.2) is 4.98 Å². The van der Waals surface area contributed by atoms with Crippen LogP contribution in [0.4, 0.5) is 5.69 Å². The number of hydrogen-bond acceptors (Lipinski definition) is 6. The molecule has 3 aromatic heterocycles. The molecule has 1 amide bonds. The summed E-state index contributed by atoms with van der Waals surface area (Å²) in [5, 5.41) is 14.6. The van der Waals surface area contributed by atoms with E-state index in [9.17, 15) is 4.79 Å². The van der Waals surface area contributed by atoms with Crippen molar-refractivity contribution in [2.45, 2.75) is 44.8 Å². The van der Waals surface area contributed by atoms with Crippen molar-refractivity contribution < 1.29 is 4.79 Å². The molecule has 3 rings (SSSR count). The molecule has 0 unspecified atom stereocenters. The van der Waals surface area contributed by atoms with Gasteiger partial charge in [0, 0.05) is 28.6 Å². The van der Waals surface area contributed by atoms with Gasteiger partial charge in [-0.1, -0.05) is 43.6 Å². The topological polar surface area (TPSA) is 72.7 Å². The lowest BCUT2D eigenvalue weighted by atomic mass is 10.2. The lowest BCUT2D eigenvalue weighted by Crippen LogP contribution is -2.15. The minimum atomic E-state index is -0.159. The van der Waals surface area contributed by atoms with E-state index in [-0.39, 0.29) is 16.8 Å². The van der Waals surface area contributed by atoms with Crippen molar-refractivity contribution in [2.24, 2.45) is 0 Å². The molecule has 0 saturated carbocycles. The summed E-state index contributed by atoms with van der Waals surface area (Å²) in [5.41, 5.74) is 1.60. The second-order valence-corrected chi connectivity index (χ2v) is 8.48. The normalized spacial score (nSPS) is 11.0. The molecule has 9 heteroatoms. The van der Waals surface area contributed by atoms with E-state index in [2.05, 4.69) is 50.4 Å². The van der Waals surface area contributed by atoms with Crippen LogP contribution in [0.2, 0.25) is 5.15 Å². The van der Waals surface area contributed by atoms with Crippen LogP contribution < -0.4 is 5.32 Å². The van der Waals surface area contributed by atoms with Crippen LogP contribution in [-0.2, 0) is 17.8 Å². The van der Waals surface area contributed by atoms with Gasteiger partial charge in [0.15, 0.2) is 16.1 Å². The highest BCUT2D eigenvalue weighted by Crippen LogP contribution is 2.29. The molecule has 0 aliphatic heterocycles. The van der Waals surface area contributed by atoms with Crippen LogP contribution in [-0.4, -0.2) is 31.4 Å². The van der Waals surface area contributed by atoms with Gasteiger partial charge in [-0.2, -0.15) is 0 Å². The molecule has 0 aliphatic rings. The average molecular weight is 436 g/mol. The molecule has 148 valence electrons. The van der Waals surface area contributed by atoms with Crippen LogP contribution in [0.1, 0.15) is 31.6 Å².